The fraction of sp³-hybridized carbons (Fsp3) is 0.556. The molecule has 0 amide bonds. The Bertz CT molecular complexity index is 836. The molecule has 2 aromatic rings. The maximum Gasteiger partial charge on any atom is 0.243 e. The topological polar surface area (TPSA) is 63.2 Å². The highest BCUT2D eigenvalue weighted by molar-refractivity contribution is 7.89. The second-order valence-electron chi connectivity index (χ2n) is 7.64. The number of hydrogen-bond donors (Lipinski definition) is 0. The summed E-state index contributed by atoms with van der Waals surface area (Å²) in [5, 5.41) is 10.2. The Hall–Kier alpha value is -1.31. The van der Waals surface area contributed by atoms with E-state index in [2.05, 4.69) is 31.0 Å². The standard InChI is InChI=1S/C18H25N3O2S2/c1-13-19-20-17(24-13)14-6-5-11-21(12-14)25(22,23)16-9-7-15(8-10-16)18(2,3)4/h7-10,14H,5-6,11-12H2,1-4H3/t14-/m1/s1. The van der Waals surface area contributed by atoms with Crippen LogP contribution < -0.4 is 0 Å². The molecule has 1 aliphatic rings. The van der Waals surface area contributed by atoms with E-state index >= 15 is 0 Å². The van der Waals surface area contributed by atoms with Gasteiger partial charge in [0.25, 0.3) is 0 Å². The minimum atomic E-state index is -3.47. The van der Waals surface area contributed by atoms with Crippen LogP contribution in [0.15, 0.2) is 29.2 Å². The zero-order chi connectivity index (χ0) is 18.2. The zero-order valence-corrected chi connectivity index (χ0v) is 16.8. The van der Waals surface area contributed by atoms with E-state index in [0.717, 1.165) is 28.4 Å². The third-order valence-corrected chi connectivity index (χ3v) is 7.51. The summed E-state index contributed by atoms with van der Waals surface area (Å²) in [6.07, 6.45) is 1.81. The quantitative estimate of drug-likeness (QED) is 0.815. The van der Waals surface area contributed by atoms with Crippen LogP contribution in [0.2, 0.25) is 0 Å². The van der Waals surface area contributed by atoms with Crippen molar-refractivity contribution in [2.75, 3.05) is 13.1 Å². The minimum absolute atomic E-state index is 0.00815. The van der Waals surface area contributed by atoms with Gasteiger partial charge in [-0.25, -0.2) is 8.42 Å². The summed E-state index contributed by atoms with van der Waals surface area (Å²) in [5.41, 5.74) is 1.14. The molecule has 0 bridgehead atoms. The number of piperidine rings is 1. The van der Waals surface area contributed by atoms with Crippen molar-refractivity contribution in [2.24, 2.45) is 0 Å². The first-order valence-corrected chi connectivity index (χ1v) is 10.8. The number of aryl methyl sites for hydroxylation is 1. The third-order valence-electron chi connectivity index (χ3n) is 4.63. The van der Waals surface area contributed by atoms with Gasteiger partial charge in [0.2, 0.25) is 10.0 Å². The highest BCUT2D eigenvalue weighted by Crippen LogP contribution is 2.32. The van der Waals surface area contributed by atoms with Crippen molar-refractivity contribution in [1.29, 1.82) is 0 Å². The molecule has 0 aliphatic carbocycles. The fourth-order valence-corrected chi connectivity index (χ4v) is 5.46. The van der Waals surface area contributed by atoms with Gasteiger partial charge in [0, 0.05) is 19.0 Å². The van der Waals surface area contributed by atoms with Gasteiger partial charge in [-0.1, -0.05) is 32.9 Å². The molecule has 1 aromatic heterocycles. The average molecular weight is 380 g/mol. The number of nitrogens with zero attached hydrogens (tertiary/aromatic N) is 3. The van der Waals surface area contributed by atoms with Crippen molar-refractivity contribution in [2.45, 2.75) is 56.8 Å². The first-order valence-electron chi connectivity index (χ1n) is 8.58. The first kappa shape index (κ1) is 18.5. The van der Waals surface area contributed by atoms with Gasteiger partial charge in [0.05, 0.1) is 4.90 Å². The van der Waals surface area contributed by atoms with E-state index < -0.39 is 10.0 Å². The lowest BCUT2D eigenvalue weighted by atomic mass is 9.87. The Morgan fingerprint density at radius 3 is 2.40 bits per heavy atom. The van der Waals surface area contributed by atoms with E-state index in [4.69, 9.17) is 0 Å². The molecule has 0 saturated carbocycles. The molecule has 0 unspecified atom stereocenters. The maximum absolute atomic E-state index is 13.0. The molecule has 1 atom stereocenters. The van der Waals surface area contributed by atoms with E-state index in [-0.39, 0.29) is 11.3 Å². The Morgan fingerprint density at radius 2 is 1.84 bits per heavy atom. The molecule has 136 valence electrons. The van der Waals surface area contributed by atoms with E-state index in [1.807, 2.05) is 19.1 Å². The number of benzene rings is 1. The molecule has 5 nitrogen and oxygen atoms in total. The van der Waals surface area contributed by atoms with Crippen LogP contribution in [0, 0.1) is 6.92 Å². The SMILES string of the molecule is Cc1nnc([C@@H]2CCCN(S(=O)(=O)c3ccc(C(C)(C)C)cc3)C2)s1. The molecule has 1 fully saturated rings. The van der Waals surface area contributed by atoms with Gasteiger partial charge in [-0.3, -0.25) is 0 Å². The number of rotatable bonds is 3. The third kappa shape index (κ3) is 3.93. The summed E-state index contributed by atoms with van der Waals surface area (Å²) >= 11 is 1.56. The van der Waals surface area contributed by atoms with E-state index in [0.29, 0.717) is 18.0 Å². The van der Waals surface area contributed by atoms with Crippen LogP contribution >= 0.6 is 11.3 Å². The number of aromatic nitrogens is 2. The van der Waals surface area contributed by atoms with E-state index in [1.54, 1.807) is 27.8 Å². The van der Waals surface area contributed by atoms with Crippen LogP contribution in [-0.4, -0.2) is 36.0 Å². The van der Waals surface area contributed by atoms with Crippen LogP contribution in [0.25, 0.3) is 0 Å². The summed E-state index contributed by atoms with van der Waals surface area (Å²) in [6, 6.07) is 7.30. The highest BCUT2D eigenvalue weighted by Gasteiger charge is 2.32. The van der Waals surface area contributed by atoms with Crippen LogP contribution in [-0.2, 0) is 15.4 Å². The lowest BCUT2D eigenvalue weighted by Gasteiger charge is -2.31. The van der Waals surface area contributed by atoms with Gasteiger partial charge in [-0.05, 0) is 42.9 Å². The van der Waals surface area contributed by atoms with E-state index in [1.165, 1.54) is 0 Å². The Labute approximate surface area is 154 Å². The van der Waals surface area contributed by atoms with Crippen molar-refractivity contribution in [3.05, 3.63) is 39.8 Å². The minimum Gasteiger partial charge on any atom is -0.207 e. The van der Waals surface area contributed by atoms with Gasteiger partial charge in [-0.15, -0.1) is 21.5 Å². The van der Waals surface area contributed by atoms with Crippen molar-refractivity contribution >= 4 is 21.4 Å². The summed E-state index contributed by atoms with van der Waals surface area (Å²) in [7, 11) is -3.47. The Morgan fingerprint density at radius 1 is 1.16 bits per heavy atom. The van der Waals surface area contributed by atoms with E-state index in [9.17, 15) is 8.42 Å². The number of sulfonamides is 1. The summed E-state index contributed by atoms with van der Waals surface area (Å²) < 4.78 is 27.6. The molecule has 25 heavy (non-hydrogen) atoms. The summed E-state index contributed by atoms with van der Waals surface area (Å²) in [4.78, 5) is 0.370. The van der Waals surface area contributed by atoms with Gasteiger partial charge in [0.15, 0.2) is 0 Å². The lowest BCUT2D eigenvalue weighted by Crippen LogP contribution is -2.39. The van der Waals surface area contributed by atoms with Crippen molar-refractivity contribution in [3.63, 3.8) is 0 Å². The monoisotopic (exact) mass is 379 g/mol. The van der Waals surface area contributed by atoms with Gasteiger partial charge in [0.1, 0.15) is 10.0 Å². The largest absolute Gasteiger partial charge is 0.243 e. The van der Waals surface area contributed by atoms with Crippen molar-refractivity contribution in [3.8, 4) is 0 Å². The molecule has 0 spiro atoms. The van der Waals surface area contributed by atoms with Crippen LogP contribution in [0.1, 0.15) is 55.1 Å². The smallest absolute Gasteiger partial charge is 0.207 e. The van der Waals surface area contributed by atoms with Crippen LogP contribution in [0.4, 0.5) is 0 Å². The summed E-state index contributed by atoms with van der Waals surface area (Å²) in [5.74, 6) is 0.142. The molecule has 3 rings (SSSR count). The molecule has 2 heterocycles. The predicted octanol–water partition coefficient (Wildman–Crippen LogP) is 3.71. The van der Waals surface area contributed by atoms with Gasteiger partial charge < -0.3 is 0 Å². The highest BCUT2D eigenvalue weighted by atomic mass is 32.2. The first-order chi connectivity index (χ1) is 11.7. The Balaban J connectivity index is 1.81. The molecule has 7 heteroatoms. The molecular formula is C18H25N3O2S2. The molecule has 0 radical (unpaired) electrons. The zero-order valence-electron chi connectivity index (χ0n) is 15.2. The predicted molar refractivity (Wildman–Crippen MR) is 101 cm³/mol. The van der Waals surface area contributed by atoms with Crippen LogP contribution in [0.3, 0.4) is 0 Å². The van der Waals surface area contributed by atoms with Crippen molar-refractivity contribution < 1.29 is 8.42 Å². The van der Waals surface area contributed by atoms with Crippen LogP contribution in [0.5, 0.6) is 0 Å². The van der Waals surface area contributed by atoms with Gasteiger partial charge in [-0.2, -0.15) is 4.31 Å². The maximum atomic E-state index is 13.0. The normalized spacial score (nSPS) is 19.9. The van der Waals surface area contributed by atoms with Gasteiger partial charge >= 0.3 is 0 Å². The molecule has 1 aromatic carbocycles. The van der Waals surface area contributed by atoms with Crippen molar-refractivity contribution in [1.82, 2.24) is 14.5 Å². The average Bonchev–Trinajstić information content (AvgIpc) is 3.01. The molecule has 0 N–H and O–H groups in total. The second kappa shape index (κ2) is 6.78. The fourth-order valence-electron chi connectivity index (χ4n) is 3.12. The Kier molecular flexibility index (Phi) is 5.01. The second-order valence-corrected chi connectivity index (χ2v) is 10.8. The summed E-state index contributed by atoms with van der Waals surface area (Å²) in [6.45, 7) is 9.34. The number of hydrogen-bond acceptors (Lipinski definition) is 5. The lowest BCUT2D eigenvalue weighted by molar-refractivity contribution is 0.314. The molecule has 1 aliphatic heterocycles. The molecular weight excluding hydrogens is 354 g/mol. The molecule has 1 saturated heterocycles.